The fourth-order valence-electron chi connectivity index (χ4n) is 6.18. The standard InChI is InChI=1S/C22H21ClF4N2O2.C14H19ClN2O/c23-14-9-10-18(16(11-14)20(30)28-12-13-5-2-1-3-6-13)29-21(31)15-7-4-8-17(24)19(15)22(25,26)27;15-11-6-7-13(16)12(8-11)14(18)17-9-10-4-2-1-3-5-10/h4,7-11,13H,1-3,5-6,12H2,(H,28,30)(H,29,31);6-8,10H,1-5,9,16H2,(H,17,18). The number of nitrogen functional groups attached to an aromatic ring is 1. The van der Waals surface area contributed by atoms with Crippen LogP contribution in [-0.4, -0.2) is 30.8 Å². The summed E-state index contributed by atoms with van der Waals surface area (Å²) in [6.45, 7) is 1.20. The number of alkyl halides is 3. The van der Waals surface area contributed by atoms with Crippen LogP contribution in [0.3, 0.4) is 0 Å². The normalized spacial score (nSPS) is 15.5. The SMILES string of the molecule is Nc1ccc(Cl)cc1C(=O)NCC1CCCCC1.O=C(NCC1CCCCC1)c1cc(Cl)ccc1NC(=O)c1cccc(F)c1C(F)(F)F. The Kier molecular flexibility index (Phi) is 13.7. The predicted molar refractivity (Wildman–Crippen MR) is 184 cm³/mol. The second kappa shape index (κ2) is 17.7. The van der Waals surface area contributed by atoms with Gasteiger partial charge in [0.15, 0.2) is 0 Å². The predicted octanol–water partition coefficient (Wildman–Crippen LogP) is 9.29. The summed E-state index contributed by atoms with van der Waals surface area (Å²) in [5, 5.41) is 8.81. The summed E-state index contributed by atoms with van der Waals surface area (Å²) in [5.41, 5.74) is 4.18. The first-order valence-corrected chi connectivity index (χ1v) is 17.2. The molecule has 3 amide bonds. The van der Waals surface area contributed by atoms with E-state index in [1.54, 1.807) is 18.2 Å². The van der Waals surface area contributed by atoms with Gasteiger partial charge in [-0.3, -0.25) is 14.4 Å². The van der Waals surface area contributed by atoms with E-state index in [0.717, 1.165) is 44.4 Å². The molecular formula is C36H40Cl2F4N4O3. The Bertz CT molecular complexity index is 1620. The maximum atomic E-state index is 13.8. The number of carbonyl (C=O) groups is 3. The Morgan fingerprint density at radius 1 is 0.694 bits per heavy atom. The maximum Gasteiger partial charge on any atom is 0.420 e. The Hall–Kier alpha value is -3.83. The monoisotopic (exact) mass is 722 g/mol. The highest BCUT2D eigenvalue weighted by Crippen LogP contribution is 2.35. The average Bonchev–Trinajstić information content (AvgIpc) is 3.08. The molecule has 49 heavy (non-hydrogen) atoms. The smallest absolute Gasteiger partial charge is 0.398 e. The summed E-state index contributed by atoms with van der Waals surface area (Å²) in [6.07, 6.45) is 6.66. The van der Waals surface area contributed by atoms with Gasteiger partial charge in [0.2, 0.25) is 0 Å². The van der Waals surface area contributed by atoms with E-state index in [-0.39, 0.29) is 22.2 Å². The topological polar surface area (TPSA) is 113 Å². The van der Waals surface area contributed by atoms with Crippen LogP contribution in [0.5, 0.6) is 0 Å². The van der Waals surface area contributed by atoms with Crippen molar-refractivity contribution in [1.29, 1.82) is 0 Å². The summed E-state index contributed by atoms with van der Waals surface area (Å²) in [6, 6.07) is 11.5. The zero-order valence-corrected chi connectivity index (χ0v) is 28.4. The summed E-state index contributed by atoms with van der Waals surface area (Å²) in [7, 11) is 0. The lowest BCUT2D eigenvalue weighted by molar-refractivity contribution is -0.140. The third-order valence-electron chi connectivity index (χ3n) is 8.83. The van der Waals surface area contributed by atoms with Gasteiger partial charge in [0.25, 0.3) is 17.7 Å². The Morgan fingerprint density at radius 2 is 1.20 bits per heavy atom. The van der Waals surface area contributed by atoms with Crippen molar-refractivity contribution in [2.75, 3.05) is 24.1 Å². The molecule has 13 heteroatoms. The van der Waals surface area contributed by atoms with Gasteiger partial charge in [-0.1, -0.05) is 67.8 Å². The zero-order chi connectivity index (χ0) is 35.6. The van der Waals surface area contributed by atoms with Gasteiger partial charge >= 0.3 is 6.18 Å². The molecule has 0 bridgehead atoms. The van der Waals surface area contributed by atoms with Gasteiger partial charge in [0.05, 0.1) is 22.4 Å². The van der Waals surface area contributed by atoms with Crippen molar-refractivity contribution in [1.82, 2.24) is 10.6 Å². The minimum atomic E-state index is -5.06. The maximum absolute atomic E-state index is 13.8. The van der Waals surface area contributed by atoms with Crippen molar-refractivity contribution in [3.05, 3.63) is 92.7 Å². The minimum absolute atomic E-state index is 0.0154. The number of amides is 3. The second-order valence-corrected chi connectivity index (χ2v) is 13.3. The van der Waals surface area contributed by atoms with Crippen LogP contribution in [0.1, 0.15) is 101 Å². The molecule has 7 nitrogen and oxygen atoms in total. The van der Waals surface area contributed by atoms with E-state index >= 15 is 0 Å². The zero-order valence-electron chi connectivity index (χ0n) is 26.9. The molecule has 3 aromatic carbocycles. The molecule has 0 atom stereocenters. The fourth-order valence-corrected chi connectivity index (χ4v) is 6.52. The number of nitrogens with one attached hydrogen (secondary N) is 3. The molecule has 0 unspecified atom stereocenters. The molecule has 3 aromatic rings. The first kappa shape index (κ1) is 38.0. The van der Waals surface area contributed by atoms with Gasteiger partial charge in [-0.2, -0.15) is 13.2 Å². The number of hydrogen-bond acceptors (Lipinski definition) is 4. The van der Waals surface area contributed by atoms with Crippen LogP contribution in [0.15, 0.2) is 54.6 Å². The van der Waals surface area contributed by atoms with Gasteiger partial charge < -0.3 is 21.7 Å². The van der Waals surface area contributed by atoms with E-state index in [1.807, 2.05) is 0 Å². The Labute approximate surface area is 293 Å². The van der Waals surface area contributed by atoms with E-state index in [2.05, 4.69) is 16.0 Å². The van der Waals surface area contributed by atoms with Crippen LogP contribution in [0.4, 0.5) is 28.9 Å². The minimum Gasteiger partial charge on any atom is -0.398 e. The molecule has 5 N–H and O–H groups in total. The van der Waals surface area contributed by atoms with Gasteiger partial charge in [-0.15, -0.1) is 0 Å². The molecule has 0 saturated heterocycles. The molecule has 2 aliphatic carbocycles. The lowest BCUT2D eigenvalue weighted by Gasteiger charge is -2.22. The van der Waals surface area contributed by atoms with Crippen molar-refractivity contribution < 1.29 is 31.9 Å². The number of benzene rings is 3. The van der Waals surface area contributed by atoms with Crippen molar-refractivity contribution in [3.63, 3.8) is 0 Å². The van der Waals surface area contributed by atoms with Crippen LogP contribution in [0, 0.1) is 17.7 Å². The largest absolute Gasteiger partial charge is 0.420 e. The Balaban J connectivity index is 0.000000254. The second-order valence-electron chi connectivity index (χ2n) is 12.5. The molecule has 0 aliphatic heterocycles. The average molecular weight is 724 g/mol. The van der Waals surface area contributed by atoms with Gasteiger partial charge in [-0.05, 0) is 86.1 Å². The van der Waals surface area contributed by atoms with Gasteiger partial charge in [0, 0.05) is 28.8 Å². The highest BCUT2D eigenvalue weighted by atomic mass is 35.5. The van der Waals surface area contributed by atoms with E-state index in [9.17, 15) is 31.9 Å². The summed E-state index contributed by atoms with van der Waals surface area (Å²) in [5.74, 6) is -2.39. The number of halogens is 6. The number of hydrogen-bond donors (Lipinski definition) is 4. The molecule has 2 saturated carbocycles. The van der Waals surface area contributed by atoms with E-state index in [0.29, 0.717) is 40.7 Å². The molecule has 0 aromatic heterocycles. The van der Waals surface area contributed by atoms with Crippen molar-refractivity contribution >= 4 is 52.3 Å². The molecule has 0 spiro atoms. The number of anilines is 2. The molecule has 2 aliphatic rings. The third-order valence-corrected chi connectivity index (χ3v) is 9.30. The highest BCUT2D eigenvalue weighted by Gasteiger charge is 2.38. The van der Waals surface area contributed by atoms with E-state index in [1.165, 1.54) is 56.7 Å². The summed E-state index contributed by atoms with van der Waals surface area (Å²) in [4.78, 5) is 37.3. The molecule has 5 rings (SSSR count). The van der Waals surface area contributed by atoms with Crippen molar-refractivity contribution in [2.45, 2.75) is 70.4 Å². The number of carbonyl (C=O) groups excluding carboxylic acids is 3. The third kappa shape index (κ3) is 11.1. The van der Waals surface area contributed by atoms with Crippen LogP contribution < -0.4 is 21.7 Å². The van der Waals surface area contributed by atoms with Crippen LogP contribution in [0.2, 0.25) is 10.0 Å². The van der Waals surface area contributed by atoms with E-state index in [4.69, 9.17) is 28.9 Å². The fraction of sp³-hybridized carbons (Fsp3) is 0.417. The molecule has 0 heterocycles. The molecule has 0 radical (unpaired) electrons. The van der Waals surface area contributed by atoms with Crippen molar-refractivity contribution in [2.24, 2.45) is 11.8 Å². The molecule has 264 valence electrons. The van der Waals surface area contributed by atoms with E-state index < -0.39 is 34.9 Å². The Morgan fingerprint density at radius 3 is 1.76 bits per heavy atom. The lowest BCUT2D eigenvalue weighted by atomic mass is 9.89. The first-order chi connectivity index (χ1) is 23.3. The van der Waals surface area contributed by atoms with Crippen LogP contribution >= 0.6 is 23.2 Å². The lowest BCUT2D eigenvalue weighted by Crippen LogP contribution is -2.31. The number of rotatable bonds is 8. The van der Waals surface area contributed by atoms with Crippen molar-refractivity contribution in [3.8, 4) is 0 Å². The quantitative estimate of drug-likeness (QED) is 0.137. The first-order valence-electron chi connectivity index (χ1n) is 16.4. The highest BCUT2D eigenvalue weighted by molar-refractivity contribution is 6.31. The summed E-state index contributed by atoms with van der Waals surface area (Å²) < 4.78 is 53.5. The molecular weight excluding hydrogens is 683 g/mol. The van der Waals surface area contributed by atoms with Crippen LogP contribution in [0.25, 0.3) is 0 Å². The van der Waals surface area contributed by atoms with Crippen LogP contribution in [-0.2, 0) is 6.18 Å². The summed E-state index contributed by atoms with van der Waals surface area (Å²) >= 11 is 11.9. The number of nitrogens with two attached hydrogens (primary N) is 1. The molecule has 2 fully saturated rings. The van der Waals surface area contributed by atoms with Gasteiger partial charge in [0.1, 0.15) is 11.4 Å². The van der Waals surface area contributed by atoms with Gasteiger partial charge in [-0.25, -0.2) is 4.39 Å².